The quantitative estimate of drug-likeness (QED) is 0.810. The van der Waals surface area contributed by atoms with Gasteiger partial charge in [0.15, 0.2) is 0 Å². The molecular formula is C13H14O2S3. The Balaban J connectivity index is 2.71. The zero-order chi connectivity index (χ0) is 13.6. The molecule has 5 heteroatoms. The zero-order valence-corrected chi connectivity index (χ0v) is 12.4. The third-order valence-electron chi connectivity index (χ3n) is 2.42. The van der Waals surface area contributed by atoms with E-state index >= 15 is 0 Å². The summed E-state index contributed by atoms with van der Waals surface area (Å²) in [6, 6.07) is 9.66. The molecule has 0 aliphatic heterocycles. The summed E-state index contributed by atoms with van der Waals surface area (Å²) in [5.74, 6) is -0.815. The summed E-state index contributed by atoms with van der Waals surface area (Å²) in [6.07, 6.45) is 0.567. The monoisotopic (exact) mass is 298 g/mol. The van der Waals surface area contributed by atoms with Gasteiger partial charge in [-0.25, -0.2) is 0 Å². The van der Waals surface area contributed by atoms with Gasteiger partial charge in [0, 0.05) is 11.2 Å². The molecule has 0 bridgehead atoms. The standard InChI is InChI=1S/C13H14O2S3/c1-13(9-16,8-7-11(14)15)18-12(17)10-5-3-2-4-6-10/h2-6,9H,7-8H2,1H3,(H,14,15). The van der Waals surface area contributed by atoms with Crippen LogP contribution in [-0.4, -0.2) is 25.4 Å². The minimum Gasteiger partial charge on any atom is -0.481 e. The third-order valence-corrected chi connectivity index (χ3v) is 4.78. The lowest BCUT2D eigenvalue weighted by Crippen LogP contribution is -2.24. The fourth-order valence-electron chi connectivity index (χ4n) is 1.33. The SMILES string of the molecule is CC(C=S)(CCC(=O)O)SC(=S)c1ccccc1. The number of benzene rings is 1. The first kappa shape index (κ1) is 15.3. The molecule has 1 rings (SSSR count). The third kappa shape index (κ3) is 4.84. The van der Waals surface area contributed by atoms with E-state index in [1.165, 1.54) is 11.8 Å². The topological polar surface area (TPSA) is 37.3 Å². The Morgan fingerprint density at radius 2 is 2.06 bits per heavy atom. The maximum atomic E-state index is 10.6. The molecule has 0 saturated heterocycles. The normalized spacial score (nSPS) is 13.6. The zero-order valence-electron chi connectivity index (χ0n) is 9.96. The van der Waals surface area contributed by atoms with Crippen LogP contribution in [-0.2, 0) is 4.79 Å². The van der Waals surface area contributed by atoms with Gasteiger partial charge in [0.05, 0.1) is 4.20 Å². The van der Waals surface area contributed by atoms with Gasteiger partial charge in [-0.2, -0.15) is 0 Å². The van der Waals surface area contributed by atoms with Gasteiger partial charge in [-0.3, -0.25) is 4.79 Å². The summed E-state index contributed by atoms with van der Waals surface area (Å²) in [5, 5.41) is 10.3. The van der Waals surface area contributed by atoms with Gasteiger partial charge >= 0.3 is 5.97 Å². The maximum Gasteiger partial charge on any atom is 0.303 e. The average Bonchev–Trinajstić information content (AvgIpc) is 2.37. The van der Waals surface area contributed by atoms with Gasteiger partial charge in [0.2, 0.25) is 0 Å². The van der Waals surface area contributed by atoms with Crippen molar-refractivity contribution in [1.82, 2.24) is 0 Å². The number of carboxylic acid groups (broad SMARTS) is 1. The maximum absolute atomic E-state index is 10.6. The first-order valence-corrected chi connectivity index (χ1v) is 7.13. The van der Waals surface area contributed by atoms with E-state index in [4.69, 9.17) is 29.5 Å². The Morgan fingerprint density at radius 3 is 2.56 bits per heavy atom. The van der Waals surface area contributed by atoms with E-state index in [1.807, 2.05) is 37.3 Å². The molecule has 18 heavy (non-hydrogen) atoms. The van der Waals surface area contributed by atoms with E-state index in [0.29, 0.717) is 6.42 Å². The number of hydrogen-bond donors (Lipinski definition) is 1. The Kier molecular flexibility index (Phi) is 5.91. The first-order chi connectivity index (χ1) is 8.47. The van der Waals surface area contributed by atoms with Crippen molar-refractivity contribution in [3.63, 3.8) is 0 Å². The van der Waals surface area contributed by atoms with Crippen LogP contribution in [0.5, 0.6) is 0 Å². The van der Waals surface area contributed by atoms with E-state index < -0.39 is 10.7 Å². The van der Waals surface area contributed by atoms with Crippen LogP contribution in [0.3, 0.4) is 0 Å². The fourth-order valence-corrected chi connectivity index (χ4v) is 3.23. The molecule has 1 atom stereocenters. The molecule has 1 unspecified atom stereocenters. The molecule has 0 fully saturated rings. The Hall–Kier alpha value is -0.780. The van der Waals surface area contributed by atoms with E-state index in [9.17, 15) is 4.79 Å². The number of rotatable bonds is 6. The van der Waals surface area contributed by atoms with Crippen molar-refractivity contribution < 1.29 is 9.90 Å². The van der Waals surface area contributed by atoms with Crippen molar-refractivity contribution in [2.45, 2.75) is 24.5 Å². The molecule has 96 valence electrons. The van der Waals surface area contributed by atoms with Gasteiger partial charge < -0.3 is 5.11 Å². The summed E-state index contributed by atoms with van der Waals surface area (Å²) < 4.78 is 0.324. The van der Waals surface area contributed by atoms with E-state index in [-0.39, 0.29) is 6.42 Å². The summed E-state index contributed by atoms with van der Waals surface area (Å²) >= 11 is 11.8. The second kappa shape index (κ2) is 6.97. The molecule has 0 saturated carbocycles. The second-order valence-corrected chi connectivity index (χ2v) is 6.53. The number of thioether (sulfide) groups is 1. The molecule has 0 amide bonds. The molecule has 1 aromatic carbocycles. The number of thiocarbonyl (C=S) groups is 2. The number of hydrogen-bond acceptors (Lipinski definition) is 4. The van der Waals surface area contributed by atoms with Crippen molar-refractivity contribution in [3.8, 4) is 0 Å². The molecule has 1 N–H and O–H groups in total. The minimum absolute atomic E-state index is 0.0913. The molecule has 0 radical (unpaired) electrons. The Bertz CT molecular complexity index is 445. The fraction of sp³-hybridized carbons (Fsp3) is 0.308. The molecule has 2 nitrogen and oxygen atoms in total. The van der Waals surface area contributed by atoms with E-state index in [0.717, 1.165) is 9.76 Å². The lowest BCUT2D eigenvalue weighted by atomic mass is 10.1. The highest BCUT2D eigenvalue weighted by molar-refractivity contribution is 8.25. The average molecular weight is 298 g/mol. The van der Waals surface area contributed by atoms with Crippen LogP contribution in [0.4, 0.5) is 0 Å². The Morgan fingerprint density at radius 1 is 1.44 bits per heavy atom. The number of carboxylic acids is 1. The highest BCUT2D eigenvalue weighted by Crippen LogP contribution is 2.32. The Labute approximate surface area is 122 Å². The molecule has 0 heterocycles. The molecule has 0 spiro atoms. The van der Waals surface area contributed by atoms with Gasteiger partial charge in [0.25, 0.3) is 0 Å². The predicted molar refractivity (Wildman–Crippen MR) is 84.7 cm³/mol. The lowest BCUT2D eigenvalue weighted by Gasteiger charge is -2.23. The van der Waals surface area contributed by atoms with Crippen molar-refractivity contribution >= 4 is 51.7 Å². The van der Waals surface area contributed by atoms with Crippen molar-refractivity contribution in [1.29, 1.82) is 0 Å². The summed E-state index contributed by atoms with van der Waals surface area (Å²) in [4.78, 5) is 10.6. The van der Waals surface area contributed by atoms with Crippen LogP contribution < -0.4 is 0 Å². The molecule has 0 aromatic heterocycles. The molecule has 1 aromatic rings. The smallest absolute Gasteiger partial charge is 0.303 e. The molecule has 0 aliphatic carbocycles. The number of aliphatic carboxylic acids is 1. The number of carbonyl (C=O) groups is 1. The summed E-state index contributed by atoms with van der Waals surface area (Å²) in [5.41, 5.74) is 0.968. The van der Waals surface area contributed by atoms with Gasteiger partial charge in [-0.05, 0) is 24.3 Å². The van der Waals surface area contributed by atoms with Crippen LogP contribution in [0.2, 0.25) is 0 Å². The summed E-state index contributed by atoms with van der Waals surface area (Å²) in [7, 11) is 0. The van der Waals surface area contributed by atoms with E-state index in [1.54, 1.807) is 5.37 Å². The minimum atomic E-state index is -0.815. The highest BCUT2D eigenvalue weighted by Gasteiger charge is 2.25. The first-order valence-electron chi connectivity index (χ1n) is 5.43. The van der Waals surface area contributed by atoms with E-state index in [2.05, 4.69) is 0 Å². The molecule has 0 aliphatic rings. The summed E-state index contributed by atoms with van der Waals surface area (Å²) in [6.45, 7) is 1.92. The van der Waals surface area contributed by atoms with Crippen LogP contribution in [0.15, 0.2) is 30.3 Å². The van der Waals surface area contributed by atoms with Crippen molar-refractivity contribution in [2.24, 2.45) is 0 Å². The van der Waals surface area contributed by atoms with Gasteiger partial charge in [-0.15, -0.1) is 11.8 Å². The van der Waals surface area contributed by atoms with Crippen LogP contribution in [0.1, 0.15) is 25.3 Å². The second-order valence-electron chi connectivity index (χ2n) is 4.08. The van der Waals surface area contributed by atoms with Crippen LogP contribution in [0.25, 0.3) is 0 Å². The van der Waals surface area contributed by atoms with Crippen LogP contribution in [0, 0.1) is 0 Å². The highest BCUT2D eigenvalue weighted by atomic mass is 32.2. The predicted octanol–water partition coefficient (Wildman–Crippen LogP) is 3.72. The van der Waals surface area contributed by atoms with Gasteiger partial charge in [-0.1, -0.05) is 54.8 Å². The van der Waals surface area contributed by atoms with Crippen molar-refractivity contribution in [3.05, 3.63) is 35.9 Å². The van der Waals surface area contributed by atoms with Crippen LogP contribution >= 0.6 is 36.2 Å². The lowest BCUT2D eigenvalue weighted by molar-refractivity contribution is -0.137. The van der Waals surface area contributed by atoms with Gasteiger partial charge in [0.1, 0.15) is 0 Å². The molecular weight excluding hydrogens is 284 g/mol. The largest absolute Gasteiger partial charge is 0.481 e. The van der Waals surface area contributed by atoms with Crippen molar-refractivity contribution in [2.75, 3.05) is 0 Å².